The Morgan fingerprint density at radius 1 is 1.32 bits per heavy atom. The molecule has 124 valence electrons. The SMILES string of the molecule is CC(C)OC(=O)C[C@H]1CCCN(C(=O)CC2=CCCCC2)C1. The topological polar surface area (TPSA) is 46.6 Å². The van der Waals surface area contributed by atoms with Gasteiger partial charge in [-0.1, -0.05) is 11.6 Å². The van der Waals surface area contributed by atoms with Crippen molar-refractivity contribution < 1.29 is 14.3 Å². The average molecular weight is 307 g/mol. The normalized spacial score (nSPS) is 22.4. The van der Waals surface area contributed by atoms with Crippen molar-refractivity contribution in [3.63, 3.8) is 0 Å². The van der Waals surface area contributed by atoms with Gasteiger partial charge in [0.2, 0.25) is 5.91 Å². The largest absolute Gasteiger partial charge is 0.463 e. The second-order valence-electron chi connectivity index (χ2n) is 6.88. The first-order valence-electron chi connectivity index (χ1n) is 8.69. The Bertz CT molecular complexity index is 428. The molecule has 0 spiro atoms. The molecule has 0 aromatic rings. The molecule has 1 aliphatic carbocycles. The highest BCUT2D eigenvalue weighted by Crippen LogP contribution is 2.24. The van der Waals surface area contributed by atoms with Crippen molar-refractivity contribution in [3.05, 3.63) is 11.6 Å². The standard InChI is InChI=1S/C18H29NO3/c1-14(2)22-18(21)12-16-9-6-10-19(13-16)17(20)11-15-7-4-3-5-8-15/h7,14,16H,3-6,8-13H2,1-2H3/t16-/m1/s1. The molecular formula is C18H29NO3. The lowest BCUT2D eigenvalue weighted by atomic mass is 9.93. The summed E-state index contributed by atoms with van der Waals surface area (Å²) in [5, 5.41) is 0. The fourth-order valence-electron chi connectivity index (χ4n) is 3.38. The molecule has 1 saturated heterocycles. The third-order valence-electron chi connectivity index (χ3n) is 4.46. The first kappa shape index (κ1) is 17.0. The van der Waals surface area contributed by atoms with Crippen LogP contribution in [0.4, 0.5) is 0 Å². The van der Waals surface area contributed by atoms with E-state index in [1.807, 2.05) is 18.7 Å². The lowest BCUT2D eigenvalue weighted by Gasteiger charge is -2.33. The molecule has 1 fully saturated rings. The molecule has 0 unspecified atom stereocenters. The van der Waals surface area contributed by atoms with Crippen LogP contribution in [0.1, 0.15) is 65.2 Å². The van der Waals surface area contributed by atoms with Crippen LogP contribution in [0.3, 0.4) is 0 Å². The minimum atomic E-state index is -0.135. The summed E-state index contributed by atoms with van der Waals surface area (Å²) in [6.07, 6.45) is 9.84. The van der Waals surface area contributed by atoms with Crippen LogP contribution in [0.15, 0.2) is 11.6 Å². The van der Waals surface area contributed by atoms with E-state index in [9.17, 15) is 9.59 Å². The monoisotopic (exact) mass is 307 g/mol. The van der Waals surface area contributed by atoms with Crippen LogP contribution in [0, 0.1) is 5.92 Å². The Morgan fingerprint density at radius 2 is 2.14 bits per heavy atom. The van der Waals surface area contributed by atoms with Crippen LogP contribution >= 0.6 is 0 Å². The summed E-state index contributed by atoms with van der Waals surface area (Å²) in [5.41, 5.74) is 1.30. The molecule has 1 aliphatic heterocycles. The number of hydrogen-bond acceptors (Lipinski definition) is 3. The van der Waals surface area contributed by atoms with Crippen LogP contribution in [0.2, 0.25) is 0 Å². The third kappa shape index (κ3) is 5.47. The molecule has 4 nitrogen and oxygen atoms in total. The number of rotatable bonds is 5. The van der Waals surface area contributed by atoms with Crippen LogP contribution in [-0.4, -0.2) is 36.0 Å². The highest BCUT2D eigenvalue weighted by molar-refractivity contribution is 5.79. The molecule has 4 heteroatoms. The zero-order chi connectivity index (χ0) is 15.9. The van der Waals surface area contributed by atoms with E-state index in [-0.39, 0.29) is 23.9 Å². The van der Waals surface area contributed by atoms with Gasteiger partial charge in [-0.25, -0.2) is 0 Å². The summed E-state index contributed by atoms with van der Waals surface area (Å²) in [6.45, 7) is 5.28. The number of hydrogen-bond donors (Lipinski definition) is 0. The fraction of sp³-hybridized carbons (Fsp3) is 0.778. The molecule has 0 bridgehead atoms. The Hall–Kier alpha value is -1.32. The minimum Gasteiger partial charge on any atom is -0.463 e. The molecule has 2 rings (SSSR count). The van der Waals surface area contributed by atoms with Crippen LogP contribution in [0.5, 0.6) is 0 Å². The lowest BCUT2D eigenvalue weighted by Crippen LogP contribution is -2.40. The highest BCUT2D eigenvalue weighted by atomic mass is 16.5. The fourth-order valence-corrected chi connectivity index (χ4v) is 3.38. The Balaban J connectivity index is 1.80. The smallest absolute Gasteiger partial charge is 0.306 e. The predicted molar refractivity (Wildman–Crippen MR) is 86.3 cm³/mol. The van der Waals surface area contributed by atoms with Crippen molar-refractivity contribution in [3.8, 4) is 0 Å². The first-order valence-corrected chi connectivity index (χ1v) is 8.69. The minimum absolute atomic E-state index is 0.0629. The summed E-state index contributed by atoms with van der Waals surface area (Å²) in [5.74, 6) is 0.351. The van der Waals surface area contributed by atoms with Gasteiger partial charge in [-0.05, 0) is 58.3 Å². The van der Waals surface area contributed by atoms with Crippen molar-refractivity contribution in [1.29, 1.82) is 0 Å². The Morgan fingerprint density at radius 3 is 2.82 bits per heavy atom. The molecule has 1 amide bonds. The number of carbonyl (C=O) groups excluding carboxylic acids is 2. The summed E-state index contributed by atoms with van der Waals surface area (Å²) >= 11 is 0. The van der Waals surface area contributed by atoms with Gasteiger partial charge >= 0.3 is 5.97 Å². The molecule has 0 aromatic carbocycles. The van der Waals surface area contributed by atoms with Crippen LogP contribution in [0.25, 0.3) is 0 Å². The quantitative estimate of drug-likeness (QED) is 0.577. The number of esters is 1. The number of allylic oxidation sites excluding steroid dienone is 1. The first-order chi connectivity index (χ1) is 10.5. The number of ether oxygens (including phenoxy) is 1. The van der Waals surface area contributed by atoms with Gasteiger partial charge < -0.3 is 9.64 Å². The van der Waals surface area contributed by atoms with Crippen molar-refractivity contribution in [2.24, 2.45) is 5.92 Å². The number of carbonyl (C=O) groups is 2. The van der Waals surface area contributed by atoms with Crippen molar-refractivity contribution >= 4 is 11.9 Å². The van der Waals surface area contributed by atoms with E-state index in [0.717, 1.165) is 32.2 Å². The van der Waals surface area contributed by atoms with E-state index in [2.05, 4.69) is 6.08 Å². The van der Waals surface area contributed by atoms with Gasteiger partial charge in [0.05, 0.1) is 12.5 Å². The molecule has 0 radical (unpaired) electrons. The third-order valence-corrected chi connectivity index (χ3v) is 4.46. The highest BCUT2D eigenvalue weighted by Gasteiger charge is 2.26. The molecule has 2 aliphatic rings. The number of nitrogens with zero attached hydrogens (tertiary/aromatic N) is 1. The Kier molecular flexibility index (Phi) is 6.47. The molecule has 0 N–H and O–H groups in total. The van der Waals surface area contributed by atoms with E-state index in [1.54, 1.807) is 0 Å². The predicted octanol–water partition coefficient (Wildman–Crippen LogP) is 3.46. The van der Waals surface area contributed by atoms with Gasteiger partial charge in [0.1, 0.15) is 0 Å². The molecule has 1 atom stereocenters. The van der Waals surface area contributed by atoms with Gasteiger partial charge in [0.15, 0.2) is 0 Å². The van der Waals surface area contributed by atoms with Gasteiger partial charge in [0, 0.05) is 19.5 Å². The van der Waals surface area contributed by atoms with E-state index in [0.29, 0.717) is 19.4 Å². The Labute approximate surface area is 133 Å². The summed E-state index contributed by atoms with van der Waals surface area (Å²) in [6, 6.07) is 0. The van der Waals surface area contributed by atoms with Crippen molar-refractivity contribution in [1.82, 2.24) is 4.90 Å². The van der Waals surface area contributed by atoms with Crippen LogP contribution < -0.4 is 0 Å². The maximum Gasteiger partial charge on any atom is 0.306 e. The van der Waals surface area contributed by atoms with E-state index < -0.39 is 0 Å². The summed E-state index contributed by atoms with van der Waals surface area (Å²) in [4.78, 5) is 26.2. The maximum absolute atomic E-state index is 12.4. The van der Waals surface area contributed by atoms with Crippen LogP contribution in [-0.2, 0) is 14.3 Å². The van der Waals surface area contributed by atoms with Gasteiger partial charge in [0.25, 0.3) is 0 Å². The number of likely N-dealkylation sites (tertiary alicyclic amines) is 1. The number of amides is 1. The second-order valence-corrected chi connectivity index (χ2v) is 6.88. The molecular weight excluding hydrogens is 278 g/mol. The summed E-state index contributed by atoms with van der Waals surface area (Å²) in [7, 11) is 0. The number of piperidine rings is 1. The van der Waals surface area contributed by atoms with Crippen molar-refractivity contribution in [2.45, 2.75) is 71.3 Å². The zero-order valence-electron chi connectivity index (χ0n) is 14.0. The van der Waals surface area contributed by atoms with E-state index in [1.165, 1.54) is 18.4 Å². The van der Waals surface area contributed by atoms with Gasteiger partial charge in [-0.15, -0.1) is 0 Å². The van der Waals surface area contributed by atoms with E-state index in [4.69, 9.17) is 4.74 Å². The summed E-state index contributed by atoms with van der Waals surface area (Å²) < 4.78 is 5.22. The zero-order valence-corrected chi connectivity index (χ0v) is 14.0. The lowest BCUT2D eigenvalue weighted by molar-refractivity contribution is -0.149. The second kappa shape index (κ2) is 8.35. The average Bonchev–Trinajstić information content (AvgIpc) is 2.47. The molecule has 1 heterocycles. The molecule has 22 heavy (non-hydrogen) atoms. The van der Waals surface area contributed by atoms with E-state index >= 15 is 0 Å². The molecule has 0 saturated carbocycles. The van der Waals surface area contributed by atoms with Gasteiger partial charge in [-0.2, -0.15) is 0 Å². The van der Waals surface area contributed by atoms with Gasteiger partial charge in [-0.3, -0.25) is 9.59 Å². The van der Waals surface area contributed by atoms with Crippen molar-refractivity contribution in [2.75, 3.05) is 13.1 Å². The molecule has 0 aromatic heterocycles. The maximum atomic E-state index is 12.4.